The van der Waals surface area contributed by atoms with Gasteiger partial charge < -0.3 is 15.7 Å². The molecule has 0 heterocycles. The van der Waals surface area contributed by atoms with Gasteiger partial charge in [-0.2, -0.15) is 0 Å². The minimum absolute atomic E-state index is 0. The SMILES string of the molecule is CC(C)OC(=O)[B]c1ccccc1.O.O. The molecule has 15 heavy (non-hydrogen) atoms. The van der Waals surface area contributed by atoms with Crippen LogP contribution in [0.5, 0.6) is 0 Å². The number of ether oxygens (including phenoxy) is 1. The number of hydrogen-bond donors (Lipinski definition) is 0. The molecule has 0 aromatic heterocycles. The van der Waals surface area contributed by atoms with Crippen LogP contribution in [0.3, 0.4) is 0 Å². The normalized spacial score (nSPS) is 8.47. The van der Waals surface area contributed by atoms with Crippen LogP contribution in [0.25, 0.3) is 0 Å². The topological polar surface area (TPSA) is 89.3 Å². The first-order valence-electron chi connectivity index (χ1n) is 4.29. The molecule has 0 fully saturated rings. The summed E-state index contributed by atoms with van der Waals surface area (Å²) in [6.45, 7) is 3.66. The highest BCUT2D eigenvalue weighted by Gasteiger charge is 2.08. The number of carbonyl (C=O) groups is 1. The van der Waals surface area contributed by atoms with Crippen LogP contribution < -0.4 is 5.46 Å². The molecule has 0 saturated heterocycles. The summed E-state index contributed by atoms with van der Waals surface area (Å²) >= 11 is 0. The lowest BCUT2D eigenvalue weighted by Crippen LogP contribution is -2.26. The van der Waals surface area contributed by atoms with Gasteiger partial charge in [-0.15, -0.1) is 0 Å². The Hall–Kier alpha value is -1.33. The minimum Gasteiger partial charge on any atom is -0.471 e. The molecule has 0 unspecified atom stereocenters. The molecule has 0 aliphatic rings. The lowest BCUT2D eigenvalue weighted by Gasteiger charge is -2.06. The predicted octanol–water partition coefficient (Wildman–Crippen LogP) is -0.0883. The monoisotopic (exact) mass is 211 g/mol. The summed E-state index contributed by atoms with van der Waals surface area (Å²) in [5.41, 5.74) is 0.869. The van der Waals surface area contributed by atoms with Crippen LogP contribution in [0.1, 0.15) is 13.8 Å². The zero-order valence-electron chi connectivity index (χ0n) is 8.86. The second-order valence-corrected chi connectivity index (χ2v) is 3.04. The number of hydrogen-bond acceptors (Lipinski definition) is 2. The van der Waals surface area contributed by atoms with E-state index in [-0.39, 0.29) is 22.9 Å². The molecule has 1 radical (unpaired) electrons. The van der Waals surface area contributed by atoms with Gasteiger partial charge in [0.05, 0.1) is 6.10 Å². The Kier molecular flexibility index (Phi) is 8.62. The average molecular weight is 211 g/mol. The molecule has 5 heteroatoms. The Bertz CT molecular complexity index is 274. The largest absolute Gasteiger partial charge is 0.471 e. The van der Waals surface area contributed by atoms with Crippen molar-refractivity contribution in [3.63, 3.8) is 0 Å². The van der Waals surface area contributed by atoms with E-state index >= 15 is 0 Å². The fraction of sp³-hybridized carbons (Fsp3) is 0.300. The van der Waals surface area contributed by atoms with Crippen LogP contribution >= 0.6 is 0 Å². The van der Waals surface area contributed by atoms with Gasteiger partial charge in [-0.3, -0.25) is 4.79 Å². The second kappa shape index (κ2) is 8.02. The molecule has 1 rings (SSSR count). The van der Waals surface area contributed by atoms with Gasteiger partial charge in [0.2, 0.25) is 0 Å². The van der Waals surface area contributed by atoms with Gasteiger partial charge >= 0.3 is 0 Å². The summed E-state index contributed by atoms with van der Waals surface area (Å²) in [7, 11) is 1.49. The lowest BCUT2D eigenvalue weighted by molar-refractivity contribution is 0.140. The maximum Gasteiger partial charge on any atom is 0.299 e. The van der Waals surface area contributed by atoms with Crippen LogP contribution in [0, 0.1) is 0 Å². The third-order valence-corrected chi connectivity index (χ3v) is 1.44. The molecule has 1 aromatic rings. The molecule has 4 N–H and O–H groups in total. The van der Waals surface area contributed by atoms with Crippen molar-refractivity contribution >= 4 is 18.6 Å². The van der Waals surface area contributed by atoms with E-state index in [1.165, 1.54) is 7.28 Å². The van der Waals surface area contributed by atoms with Crippen molar-refractivity contribution in [1.82, 2.24) is 0 Å². The first kappa shape index (κ1) is 16.1. The van der Waals surface area contributed by atoms with Gasteiger partial charge in [0.25, 0.3) is 13.1 Å². The molecular weight excluding hydrogens is 195 g/mol. The number of rotatable bonds is 3. The molecule has 0 atom stereocenters. The maximum atomic E-state index is 11.1. The van der Waals surface area contributed by atoms with E-state index in [1.807, 2.05) is 44.2 Å². The Labute approximate surface area is 90.1 Å². The molecule has 4 nitrogen and oxygen atoms in total. The van der Waals surface area contributed by atoms with Gasteiger partial charge in [-0.1, -0.05) is 35.8 Å². The molecule has 0 bridgehead atoms. The van der Waals surface area contributed by atoms with Gasteiger partial charge in [-0.25, -0.2) is 0 Å². The second-order valence-electron chi connectivity index (χ2n) is 3.04. The van der Waals surface area contributed by atoms with E-state index in [0.717, 1.165) is 5.46 Å². The molecule has 1 aromatic carbocycles. The first-order valence-corrected chi connectivity index (χ1v) is 4.29. The standard InChI is InChI=1S/C10H12BO2.2H2O/c1-8(2)13-10(12)11-9-6-4-3-5-7-9;;/h3-8H,1-2H3;2*1H2. The van der Waals surface area contributed by atoms with Crippen molar-refractivity contribution in [2.45, 2.75) is 20.0 Å². The van der Waals surface area contributed by atoms with Crippen molar-refractivity contribution in [2.24, 2.45) is 0 Å². The van der Waals surface area contributed by atoms with Crippen molar-refractivity contribution in [3.05, 3.63) is 30.3 Å². The lowest BCUT2D eigenvalue weighted by atomic mass is 9.70. The highest BCUT2D eigenvalue weighted by atomic mass is 16.5. The molecule has 83 valence electrons. The molecule has 0 spiro atoms. The summed E-state index contributed by atoms with van der Waals surface area (Å²) < 4.78 is 4.96. The molecule has 0 aliphatic heterocycles. The summed E-state index contributed by atoms with van der Waals surface area (Å²) in [4.78, 5) is 11.1. The highest BCUT2D eigenvalue weighted by Crippen LogP contribution is 1.90. The average Bonchev–Trinajstić information content (AvgIpc) is 2.04. The van der Waals surface area contributed by atoms with Crippen molar-refractivity contribution in [3.8, 4) is 0 Å². The molecular formula is C10H16BO4. The third-order valence-electron chi connectivity index (χ3n) is 1.44. The van der Waals surface area contributed by atoms with Crippen molar-refractivity contribution < 1.29 is 20.5 Å². The van der Waals surface area contributed by atoms with Gasteiger partial charge in [0, 0.05) is 0 Å². The summed E-state index contributed by atoms with van der Waals surface area (Å²) in [6.07, 6.45) is -0.0625. The van der Waals surface area contributed by atoms with Gasteiger partial charge in [-0.05, 0) is 13.8 Å². The Morgan fingerprint density at radius 3 is 2.20 bits per heavy atom. The zero-order valence-corrected chi connectivity index (χ0v) is 8.86. The minimum atomic E-state index is -0.291. The Morgan fingerprint density at radius 1 is 1.20 bits per heavy atom. The summed E-state index contributed by atoms with van der Waals surface area (Å²) in [5, 5.41) is 0. The molecule has 0 saturated carbocycles. The maximum absolute atomic E-state index is 11.1. The van der Waals surface area contributed by atoms with Crippen LogP contribution in [0.4, 0.5) is 4.79 Å². The summed E-state index contributed by atoms with van der Waals surface area (Å²) in [6, 6.07) is 9.40. The fourth-order valence-corrected chi connectivity index (χ4v) is 0.952. The van der Waals surface area contributed by atoms with E-state index < -0.39 is 0 Å². The predicted molar refractivity (Wildman–Crippen MR) is 60.7 cm³/mol. The Balaban J connectivity index is 0. The first-order chi connectivity index (χ1) is 6.18. The van der Waals surface area contributed by atoms with Crippen LogP contribution in [0.2, 0.25) is 0 Å². The van der Waals surface area contributed by atoms with Crippen LogP contribution in [-0.4, -0.2) is 30.2 Å². The third kappa shape index (κ3) is 6.71. The quantitative estimate of drug-likeness (QED) is 0.654. The smallest absolute Gasteiger partial charge is 0.299 e. The number of carbonyl (C=O) groups excluding carboxylic acids is 1. The molecule has 0 amide bonds. The van der Waals surface area contributed by atoms with Crippen LogP contribution in [0.15, 0.2) is 30.3 Å². The van der Waals surface area contributed by atoms with Gasteiger partial charge in [0.1, 0.15) is 0 Å². The van der Waals surface area contributed by atoms with Crippen LogP contribution in [-0.2, 0) is 4.74 Å². The van der Waals surface area contributed by atoms with E-state index in [9.17, 15) is 4.79 Å². The zero-order chi connectivity index (χ0) is 9.68. The van der Waals surface area contributed by atoms with Gasteiger partial charge in [0.15, 0.2) is 0 Å². The summed E-state index contributed by atoms with van der Waals surface area (Å²) in [5.74, 6) is -0.291. The van der Waals surface area contributed by atoms with E-state index in [2.05, 4.69) is 0 Å². The van der Waals surface area contributed by atoms with Crippen molar-refractivity contribution in [1.29, 1.82) is 0 Å². The van der Waals surface area contributed by atoms with E-state index in [1.54, 1.807) is 0 Å². The fourth-order valence-electron chi connectivity index (χ4n) is 0.952. The highest BCUT2D eigenvalue weighted by molar-refractivity contribution is 6.82. The Morgan fingerprint density at radius 2 is 1.73 bits per heavy atom. The van der Waals surface area contributed by atoms with Crippen molar-refractivity contribution in [2.75, 3.05) is 0 Å². The number of benzene rings is 1. The molecule has 0 aliphatic carbocycles. The van der Waals surface area contributed by atoms with E-state index in [4.69, 9.17) is 4.74 Å². The van der Waals surface area contributed by atoms with E-state index in [0.29, 0.717) is 0 Å².